The van der Waals surface area contributed by atoms with Gasteiger partial charge in [0.25, 0.3) is 10.1 Å². The molecule has 0 unspecified atom stereocenters. The molecule has 0 aliphatic rings. The van der Waals surface area contributed by atoms with Gasteiger partial charge >= 0.3 is 17.9 Å². The molecule has 0 bridgehead atoms. The van der Waals surface area contributed by atoms with Gasteiger partial charge in [-0.1, -0.05) is 10.1 Å². The summed E-state index contributed by atoms with van der Waals surface area (Å²) >= 11 is 0.472. The number of aromatic hydroxyl groups is 1. The largest absolute Gasteiger partial charge is 0.505 e. The van der Waals surface area contributed by atoms with Crippen LogP contribution in [0.1, 0.15) is 31.1 Å². The summed E-state index contributed by atoms with van der Waals surface area (Å²) in [6.45, 7) is 0. The number of phenolic OH excluding ortho intramolecular Hbond substituents is 1. The van der Waals surface area contributed by atoms with Crippen molar-refractivity contribution in [3.63, 3.8) is 0 Å². The maximum Gasteiger partial charge on any atom is 0.338 e. The van der Waals surface area contributed by atoms with E-state index in [0.717, 1.165) is 48.5 Å². The second-order valence-electron chi connectivity index (χ2n) is 8.80. The first-order valence-corrected chi connectivity index (χ1v) is 15.1. The molecule has 4 aromatic rings. The van der Waals surface area contributed by atoms with E-state index in [-0.39, 0.29) is 72.8 Å². The number of rotatable bonds is 14. The first-order chi connectivity index (χ1) is 22.7. The molecule has 0 aliphatic heterocycles. The highest BCUT2D eigenvalue weighted by atomic mass is 32.2. The van der Waals surface area contributed by atoms with E-state index in [1.165, 1.54) is 6.07 Å². The Hall–Kier alpha value is -5.08. The lowest BCUT2D eigenvalue weighted by molar-refractivity contribution is -0.432. The van der Waals surface area contributed by atoms with E-state index in [1.54, 1.807) is 0 Å². The highest BCUT2D eigenvalue weighted by Crippen LogP contribution is 2.48. The summed E-state index contributed by atoms with van der Waals surface area (Å²) in [6.07, 6.45) is 0. The van der Waals surface area contributed by atoms with Gasteiger partial charge in [-0.05, 0) is 60.0 Å². The average molecular weight is 725 g/mol. The van der Waals surface area contributed by atoms with Crippen LogP contribution in [0.2, 0.25) is 0 Å². The summed E-state index contributed by atoms with van der Waals surface area (Å²) < 4.78 is 42.0. The SMILES string of the molecule is O=C(O)c1cc(/N=N/c2ccc(/N=N/c3c(SOOO)cc4cc(S(=O)(=O)O)cc(SOOO)c4c3O)c(C(=O)O)c2)cc(C(=O)O)c1. The molecule has 0 atom stereocenters. The van der Waals surface area contributed by atoms with Crippen molar-refractivity contribution in [3.05, 3.63) is 71.3 Å². The zero-order valence-electron chi connectivity index (χ0n) is 23.0. The molecule has 0 heterocycles. The Balaban J connectivity index is 1.80. The molecule has 0 aromatic heterocycles. The quantitative estimate of drug-likeness (QED) is 0.0237. The minimum Gasteiger partial charge on any atom is -0.505 e. The lowest BCUT2D eigenvalue weighted by Gasteiger charge is -2.13. The normalized spacial score (nSPS) is 11.9. The lowest BCUT2D eigenvalue weighted by atomic mass is 10.1. The third kappa shape index (κ3) is 8.44. The number of carbonyl (C=O) groups is 3. The zero-order valence-corrected chi connectivity index (χ0v) is 25.5. The Morgan fingerprint density at radius 2 is 1.29 bits per heavy atom. The molecule has 48 heavy (non-hydrogen) atoms. The van der Waals surface area contributed by atoms with Crippen molar-refractivity contribution < 1.29 is 77.0 Å². The first-order valence-electron chi connectivity index (χ1n) is 12.2. The van der Waals surface area contributed by atoms with Crippen molar-refractivity contribution in [1.29, 1.82) is 0 Å². The van der Waals surface area contributed by atoms with Gasteiger partial charge in [0.1, 0.15) is 11.4 Å². The molecule has 20 nitrogen and oxygen atoms in total. The smallest absolute Gasteiger partial charge is 0.338 e. The maximum absolute atomic E-state index is 12.1. The Morgan fingerprint density at radius 3 is 1.85 bits per heavy atom. The molecule has 4 rings (SSSR count). The van der Waals surface area contributed by atoms with E-state index in [0.29, 0.717) is 0 Å². The van der Waals surface area contributed by atoms with Gasteiger partial charge in [-0.2, -0.15) is 18.6 Å². The number of aromatic carboxylic acids is 3. The van der Waals surface area contributed by atoms with Crippen LogP contribution in [0.15, 0.2) is 89.7 Å². The van der Waals surface area contributed by atoms with E-state index in [9.17, 15) is 47.8 Å². The van der Waals surface area contributed by atoms with E-state index < -0.39 is 49.9 Å². The van der Waals surface area contributed by atoms with Crippen LogP contribution in [0.3, 0.4) is 0 Å². The molecule has 0 fully saturated rings. The number of nitrogens with zero attached hydrogens (tertiary/aromatic N) is 4. The zero-order chi connectivity index (χ0) is 35.2. The molecule has 0 amide bonds. The predicted octanol–water partition coefficient (Wildman–Crippen LogP) is 6.57. The fourth-order valence-electron chi connectivity index (χ4n) is 3.88. The van der Waals surface area contributed by atoms with Gasteiger partial charge in [-0.15, -0.1) is 18.9 Å². The van der Waals surface area contributed by atoms with E-state index in [2.05, 4.69) is 39.2 Å². The topological polar surface area (TPSA) is 313 Å². The minimum absolute atomic E-state index is 0.0790. The molecule has 0 spiro atoms. The average Bonchev–Trinajstić information content (AvgIpc) is 3.04. The molecule has 0 radical (unpaired) electrons. The maximum atomic E-state index is 12.1. The molecule has 23 heteroatoms. The van der Waals surface area contributed by atoms with E-state index in [1.807, 2.05) is 0 Å². The number of azo groups is 2. The number of carboxylic acid groups (broad SMARTS) is 3. The molecule has 0 saturated carbocycles. The first kappa shape index (κ1) is 35.8. The van der Waals surface area contributed by atoms with Crippen LogP contribution in [0.25, 0.3) is 10.8 Å². The molecule has 7 N–H and O–H groups in total. The molecule has 4 aromatic carbocycles. The lowest BCUT2D eigenvalue weighted by Crippen LogP contribution is -2.01. The third-order valence-electron chi connectivity index (χ3n) is 5.85. The van der Waals surface area contributed by atoms with Crippen molar-refractivity contribution in [2.75, 3.05) is 0 Å². The van der Waals surface area contributed by atoms with Gasteiger partial charge in [-0.25, -0.2) is 24.9 Å². The van der Waals surface area contributed by atoms with Crippen LogP contribution < -0.4 is 0 Å². The third-order valence-corrected chi connectivity index (χ3v) is 7.94. The van der Waals surface area contributed by atoms with Gasteiger partial charge < -0.3 is 20.4 Å². The van der Waals surface area contributed by atoms with Gasteiger partial charge in [0.2, 0.25) is 0 Å². The number of hydrogen-bond donors (Lipinski definition) is 7. The van der Waals surface area contributed by atoms with Crippen LogP contribution in [-0.2, 0) is 28.9 Å². The second-order valence-corrected chi connectivity index (χ2v) is 11.7. The molecule has 0 aliphatic carbocycles. The monoisotopic (exact) mass is 724 g/mol. The van der Waals surface area contributed by atoms with Crippen LogP contribution >= 0.6 is 24.1 Å². The second kappa shape index (κ2) is 15.2. The van der Waals surface area contributed by atoms with Crippen molar-refractivity contribution in [2.24, 2.45) is 20.5 Å². The Kier molecular flexibility index (Phi) is 11.3. The number of fused-ring (bicyclic) bond motifs is 1. The van der Waals surface area contributed by atoms with Crippen molar-refractivity contribution in [3.8, 4) is 5.75 Å². The van der Waals surface area contributed by atoms with Crippen molar-refractivity contribution in [1.82, 2.24) is 0 Å². The van der Waals surface area contributed by atoms with Gasteiger partial charge in [-0.3, -0.25) is 4.55 Å². The van der Waals surface area contributed by atoms with Crippen LogP contribution in [-0.4, -0.2) is 61.8 Å². The summed E-state index contributed by atoms with van der Waals surface area (Å²) in [7, 11) is -4.80. The Bertz CT molecular complexity index is 2070. The Morgan fingerprint density at radius 1 is 0.688 bits per heavy atom. The number of hydrogen-bond acceptors (Lipinski definition) is 18. The summed E-state index contributed by atoms with van der Waals surface area (Å²) in [5, 5.41) is 78.9. The fourth-order valence-corrected chi connectivity index (χ4v) is 5.57. The van der Waals surface area contributed by atoms with E-state index >= 15 is 0 Å². The van der Waals surface area contributed by atoms with Crippen LogP contribution in [0, 0.1) is 0 Å². The molecule has 0 saturated heterocycles. The highest BCUT2D eigenvalue weighted by Gasteiger charge is 2.23. The fraction of sp³-hybridized carbons (Fsp3) is 0. The van der Waals surface area contributed by atoms with Gasteiger partial charge in [0, 0.05) is 5.39 Å². The summed E-state index contributed by atoms with van der Waals surface area (Å²) in [5.74, 6) is -5.10. The highest BCUT2D eigenvalue weighted by molar-refractivity contribution is 7.95. The van der Waals surface area contributed by atoms with Crippen LogP contribution in [0.4, 0.5) is 22.7 Å². The number of phenols is 1. The van der Waals surface area contributed by atoms with Crippen LogP contribution in [0.5, 0.6) is 5.75 Å². The van der Waals surface area contributed by atoms with Crippen molar-refractivity contribution in [2.45, 2.75) is 14.7 Å². The summed E-state index contributed by atoms with van der Waals surface area (Å²) in [6, 6.07) is 9.35. The van der Waals surface area contributed by atoms with Gasteiger partial charge in [0.05, 0.1) is 66.8 Å². The van der Waals surface area contributed by atoms with Gasteiger partial charge in [0.15, 0.2) is 5.75 Å². The summed E-state index contributed by atoms with van der Waals surface area (Å²) in [5.41, 5.74) is -2.23. The number of benzene rings is 4. The molecular weight excluding hydrogens is 708 g/mol. The summed E-state index contributed by atoms with van der Waals surface area (Å²) in [4.78, 5) is 33.7. The predicted molar refractivity (Wildman–Crippen MR) is 159 cm³/mol. The number of carboxylic acids is 3. The standard InChI is InChI=1S/C25H16N4O16S3/c30-22-20-10(6-15(48(39,40)41)9-18(20)46-44-42-37)7-19(47-45-43-38)21(22)29-28-17-2-1-13(8-16(17)25(35)36)26-27-14-4-11(23(31)32)3-12(5-14)24(33)34/h1-9,30,37-38H,(H,31,32)(H,33,34)(H,35,36)(H,39,40,41)/b27-26+,29-28+. The molecule has 250 valence electrons. The Labute approximate surface area is 274 Å². The van der Waals surface area contributed by atoms with E-state index in [4.69, 9.17) is 10.5 Å². The molecular formula is C25H16N4O16S3. The van der Waals surface area contributed by atoms with Crippen molar-refractivity contribution >= 4 is 85.6 Å². The minimum atomic E-state index is -4.80.